The van der Waals surface area contributed by atoms with Crippen LogP contribution < -0.4 is 10.6 Å². The lowest BCUT2D eigenvalue weighted by molar-refractivity contribution is -0.139. The largest absolute Gasteiger partial charge is 0.469 e. The number of benzene rings is 2. The van der Waals surface area contributed by atoms with Gasteiger partial charge < -0.3 is 10.1 Å². The number of aromatic nitrogens is 1. The van der Waals surface area contributed by atoms with Gasteiger partial charge in [0.25, 0.3) is 5.91 Å². The van der Waals surface area contributed by atoms with E-state index in [1.807, 2.05) is 30.3 Å². The molecule has 0 aliphatic heterocycles. The Morgan fingerprint density at radius 1 is 1.03 bits per heavy atom. The first-order chi connectivity index (χ1) is 14.0. The molecular weight excluding hydrogens is 390 g/mol. The molecule has 0 bridgehead atoms. The van der Waals surface area contributed by atoms with Crippen LogP contribution in [-0.4, -0.2) is 29.9 Å². The number of nitrogens with zero attached hydrogens (tertiary/aromatic N) is 1. The summed E-state index contributed by atoms with van der Waals surface area (Å²) < 4.78 is 4.77. The van der Waals surface area contributed by atoms with Crippen molar-refractivity contribution >= 4 is 39.9 Å². The number of rotatable bonds is 6. The molecule has 0 fully saturated rings. The van der Waals surface area contributed by atoms with E-state index < -0.39 is 0 Å². The molecule has 0 aliphatic carbocycles. The lowest BCUT2D eigenvalue weighted by atomic mass is 10.1. The van der Waals surface area contributed by atoms with E-state index in [2.05, 4.69) is 15.6 Å². The third-order valence-corrected chi connectivity index (χ3v) is 4.91. The second-order valence-corrected chi connectivity index (χ2v) is 7.21. The summed E-state index contributed by atoms with van der Waals surface area (Å²) >= 11 is 1.22. The molecule has 2 aromatic carbocycles. The number of carbonyl (C=O) groups excluding carboxylic acids is 3. The lowest BCUT2D eigenvalue weighted by Crippen LogP contribution is -2.13. The van der Waals surface area contributed by atoms with E-state index in [0.717, 1.165) is 5.56 Å². The minimum atomic E-state index is -0.383. The van der Waals surface area contributed by atoms with Crippen LogP contribution in [0, 0.1) is 0 Å². The predicted octanol–water partition coefficient (Wildman–Crippen LogP) is 3.74. The van der Waals surface area contributed by atoms with Crippen molar-refractivity contribution in [3.05, 3.63) is 65.0 Å². The number of ether oxygens (including phenoxy) is 1. The van der Waals surface area contributed by atoms with Crippen molar-refractivity contribution in [3.8, 4) is 11.3 Å². The standard InChI is InChI=1S/C21H19N3O4S/c1-13(25)22-16-10-6-9-15(11-16)20(27)24-21-23-19(14-7-4-3-5-8-14)17(29-21)12-18(26)28-2/h3-11H,12H2,1-2H3,(H,22,25)(H,23,24,27). The molecule has 3 aromatic rings. The minimum absolute atomic E-state index is 0.0618. The minimum Gasteiger partial charge on any atom is -0.469 e. The quantitative estimate of drug-likeness (QED) is 0.605. The number of carbonyl (C=O) groups is 3. The number of amides is 2. The van der Waals surface area contributed by atoms with Crippen LogP contribution in [0.5, 0.6) is 0 Å². The first-order valence-corrected chi connectivity index (χ1v) is 9.59. The van der Waals surface area contributed by atoms with Crippen LogP contribution in [-0.2, 0) is 20.7 Å². The van der Waals surface area contributed by atoms with Gasteiger partial charge in [0.15, 0.2) is 5.13 Å². The monoisotopic (exact) mass is 409 g/mol. The molecule has 0 saturated heterocycles. The Kier molecular flexibility index (Phi) is 6.36. The van der Waals surface area contributed by atoms with Crippen LogP contribution in [0.4, 0.5) is 10.8 Å². The molecular formula is C21H19N3O4S. The van der Waals surface area contributed by atoms with E-state index in [1.165, 1.54) is 25.4 Å². The summed E-state index contributed by atoms with van der Waals surface area (Å²) in [6, 6.07) is 16.0. The number of hydrogen-bond donors (Lipinski definition) is 2. The van der Waals surface area contributed by atoms with Crippen LogP contribution in [0.15, 0.2) is 54.6 Å². The molecule has 1 heterocycles. The predicted molar refractivity (Wildman–Crippen MR) is 112 cm³/mol. The Balaban J connectivity index is 1.86. The van der Waals surface area contributed by atoms with Crippen molar-refractivity contribution in [1.29, 1.82) is 0 Å². The maximum absolute atomic E-state index is 12.6. The van der Waals surface area contributed by atoms with Gasteiger partial charge in [-0.15, -0.1) is 11.3 Å². The fourth-order valence-corrected chi connectivity index (χ4v) is 3.62. The van der Waals surface area contributed by atoms with Crippen LogP contribution in [0.2, 0.25) is 0 Å². The summed E-state index contributed by atoms with van der Waals surface area (Å²) in [5, 5.41) is 5.78. The number of anilines is 2. The molecule has 2 N–H and O–H groups in total. The lowest BCUT2D eigenvalue weighted by Gasteiger charge is -2.05. The molecule has 0 unspecified atom stereocenters. The summed E-state index contributed by atoms with van der Waals surface area (Å²) in [6.07, 6.45) is 0.0618. The van der Waals surface area contributed by atoms with Crippen LogP contribution >= 0.6 is 11.3 Å². The fraction of sp³-hybridized carbons (Fsp3) is 0.143. The Labute approximate surface area is 171 Å². The third-order valence-electron chi connectivity index (χ3n) is 3.94. The third kappa shape index (κ3) is 5.26. The summed E-state index contributed by atoms with van der Waals surface area (Å²) in [4.78, 5) is 40.8. The Morgan fingerprint density at radius 3 is 2.48 bits per heavy atom. The van der Waals surface area contributed by atoms with Gasteiger partial charge in [-0.25, -0.2) is 4.98 Å². The van der Waals surface area contributed by atoms with Crippen molar-refractivity contribution in [3.63, 3.8) is 0 Å². The highest BCUT2D eigenvalue weighted by Gasteiger charge is 2.18. The van der Waals surface area contributed by atoms with Gasteiger partial charge in [0, 0.05) is 28.6 Å². The molecule has 7 nitrogen and oxygen atoms in total. The molecule has 8 heteroatoms. The van der Waals surface area contributed by atoms with Crippen molar-refractivity contribution in [1.82, 2.24) is 4.98 Å². The van der Waals surface area contributed by atoms with Gasteiger partial charge in [0.2, 0.25) is 5.91 Å². The van der Waals surface area contributed by atoms with Crippen LogP contribution in [0.1, 0.15) is 22.2 Å². The Morgan fingerprint density at radius 2 is 1.79 bits per heavy atom. The molecule has 0 saturated carbocycles. The van der Waals surface area contributed by atoms with Crippen LogP contribution in [0.25, 0.3) is 11.3 Å². The van der Waals surface area contributed by atoms with E-state index in [-0.39, 0.29) is 24.2 Å². The summed E-state index contributed by atoms with van der Waals surface area (Å²) in [6.45, 7) is 1.40. The van der Waals surface area contributed by atoms with E-state index in [9.17, 15) is 14.4 Å². The zero-order valence-corrected chi connectivity index (χ0v) is 16.7. The average molecular weight is 409 g/mol. The number of esters is 1. The molecule has 0 spiro atoms. The Bertz CT molecular complexity index is 1050. The molecule has 148 valence electrons. The molecule has 0 radical (unpaired) electrons. The highest BCUT2D eigenvalue weighted by Crippen LogP contribution is 2.32. The SMILES string of the molecule is COC(=O)Cc1sc(NC(=O)c2cccc(NC(C)=O)c2)nc1-c1ccccc1. The Hall–Kier alpha value is -3.52. The second-order valence-electron chi connectivity index (χ2n) is 6.13. The van der Waals surface area contributed by atoms with E-state index in [1.54, 1.807) is 24.3 Å². The van der Waals surface area contributed by atoms with Gasteiger partial charge in [0.1, 0.15) is 0 Å². The first-order valence-electron chi connectivity index (χ1n) is 8.77. The van der Waals surface area contributed by atoms with Gasteiger partial charge >= 0.3 is 5.97 Å². The zero-order chi connectivity index (χ0) is 20.8. The molecule has 0 atom stereocenters. The van der Waals surface area contributed by atoms with Crippen LogP contribution in [0.3, 0.4) is 0 Å². The topological polar surface area (TPSA) is 97.4 Å². The van der Waals surface area contributed by atoms with Gasteiger partial charge in [-0.2, -0.15) is 0 Å². The number of methoxy groups -OCH3 is 1. The van der Waals surface area contributed by atoms with Gasteiger partial charge in [-0.05, 0) is 18.2 Å². The maximum Gasteiger partial charge on any atom is 0.310 e. The second kappa shape index (κ2) is 9.11. The summed E-state index contributed by atoms with van der Waals surface area (Å²) in [7, 11) is 1.33. The molecule has 1 aromatic heterocycles. The molecule has 2 amide bonds. The molecule has 29 heavy (non-hydrogen) atoms. The van der Waals surface area contributed by atoms with Gasteiger partial charge in [-0.1, -0.05) is 36.4 Å². The van der Waals surface area contributed by atoms with Crippen molar-refractivity contribution < 1.29 is 19.1 Å². The summed E-state index contributed by atoms with van der Waals surface area (Å²) in [5.41, 5.74) is 2.38. The highest BCUT2D eigenvalue weighted by molar-refractivity contribution is 7.16. The van der Waals surface area contributed by atoms with E-state index in [4.69, 9.17) is 4.74 Å². The highest BCUT2D eigenvalue weighted by atomic mass is 32.1. The van der Waals surface area contributed by atoms with E-state index >= 15 is 0 Å². The fourth-order valence-electron chi connectivity index (χ4n) is 2.66. The molecule has 0 aliphatic rings. The number of hydrogen-bond acceptors (Lipinski definition) is 6. The van der Waals surface area contributed by atoms with Gasteiger partial charge in [-0.3, -0.25) is 19.7 Å². The molecule has 3 rings (SSSR count). The number of nitrogens with one attached hydrogen (secondary N) is 2. The first kappa shape index (κ1) is 20.2. The van der Waals surface area contributed by atoms with Crippen molar-refractivity contribution in [2.24, 2.45) is 0 Å². The van der Waals surface area contributed by atoms with Crippen molar-refractivity contribution in [2.75, 3.05) is 17.7 Å². The smallest absolute Gasteiger partial charge is 0.310 e. The van der Waals surface area contributed by atoms with E-state index in [0.29, 0.717) is 27.0 Å². The number of thiazole rings is 1. The summed E-state index contributed by atoms with van der Waals surface area (Å²) in [5.74, 6) is -0.968. The maximum atomic E-state index is 12.6. The van der Waals surface area contributed by atoms with Crippen molar-refractivity contribution in [2.45, 2.75) is 13.3 Å². The normalized spacial score (nSPS) is 10.3. The van der Waals surface area contributed by atoms with Gasteiger partial charge in [0.05, 0.1) is 19.2 Å². The zero-order valence-electron chi connectivity index (χ0n) is 15.9. The average Bonchev–Trinajstić information content (AvgIpc) is 3.10.